The minimum atomic E-state index is -0.928. The Labute approximate surface area is 184 Å². The Bertz CT molecular complexity index is 968. The van der Waals surface area contributed by atoms with Gasteiger partial charge in [-0.3, -0.25) is 19.3 Å². The first-order valence-electron chi connectivity index (χ1n) is 9.67. The molecule has 0 radical (unpaired) electrons. The van der Waals surface area contributed by atoms with Gasteiger partial charge in [-0.05, 0) is 48.5 Å². The molecule has 0 aromatic heterocycles. The van der Waals surface area contributed by atoms with E-state index in [0.29, 0.717) is 18.7 Å². The third-order valence-corrected chi connectivity index (χ3v) is 5.36. The summed E-state index contributed by atoms with van der Waals surface area (Å²) in [4.78, 5) is 40.3. The number of amides is 2. The highest BCUT2D eigenvalue weighted by Crippen LogP contribution is 2.22. The number of benzene rings is 2. The molecular weight excluding hydrogens is 421 g/mol. The Kier molecular flexibility index (Phi) is 7.30. The minimum absolute atomic E-state index is 0.186. The maximum Gasteiger partial charge on any atom is 0.325 e. The van der Waals surface area contributed by atoms with Crippen molar-refractivity contribution in [3.05, 3.63) is 66.0 Å². The second kappa shape index (κ2) is 10.1. The van der Waals surface area contributed by atoms with Crippen molar-refractivity contribution in [2.75, 3.05) is 25.5 Å². The summed E-state index contributed by atoms with van der Waals surface area (Å²) in [6.45, 7) is 0.0901. The fourth-order valence-corrected chi connectivity index (χ4v) is 3.66. The van der Waals surface area contributed by atoms with Crippen molar-refractivity contribution in [3.63, 3.8) is 0 Å². The summed E-state index contributed by atoms with van der Waals surface area (Å²) in [5.41, 5.74) is 1.44. The van der Waals surface area contributed by atoms with Crippen LogP contribution in [0.5, 0.6) is 0 Å². The van der Waals surface area contributed by atoms with Crippen molar-refractivity contribution in [2.45, 2.75) is 18.9 Å². The van der Waals surface area contributed by atoms with Crippen LogP contribution in [0.25, 0.3) is 0 Å². The van der Waals surface area contributed by atoms with Crippen LogP contribution in [0.4, 0.5) is 10.1 Å². The van der Waals surface area contributed by atoms with E-state index in [0.717, 1.165) is 5.56 Å². The van der Waals surface area contributed by atoms with Gasteiger partial charge in [0.1, 0.15) is 18.4 Å². The number of hydrogen-bond acceptors (Lipinski definition) is 5. The first-order valence-corrected chi connectivity index (χ1v) is 10.1. The van der Waals surface area contributed by atoms with Gasteiger partial charge in [0.2, 0.25) is 5.91 Å². The standard InChI is InChI=1S/C22H22FN3O4S/c1-30-20(28)14-26-18(13-19(27)24-17-9-7-16(23)8-10-17)21(29)25(22(26)31)12-11-15-5-3-2-4-6-15/h2-10,18H,11-14H2,1H3,(H,24,27). The van der Waals surface area contributed by atoms with E-state index < -0.39 is 23.7 Å². The molecule has 0 aliphatic carbocycles. The van der Waals surface area contributed by atoms with Gasteiger partial charge < -0.3 is 15.0 Å². The Hall–Kier alpha value is -3.33. The van der Waals surface area contributed by atoms with Gasteiger partial charge in [0, 0.05) is 12.2 Å². The van der Waals surface area contributed by atoms with Gasteiger partial charge >= 0.3 is 5.97 Å². The van der Waals surface area contributed by atoms with E-state index >= 15 is 0 Å². The number of rotatable bonds is 8. The number of ether oxygens (including phenoxy) is 1. The van der Waals surface area contributed by atoms with Crippen molar-refractivity contribution in [2.24, 2.45) is 0 Å². The van der Waals surface area contributed by atoms with Crippen LogP contribution in [-0.2, 0) is 25.5 Å². The van der Waals surface area contributed by atoms with Gasteiger partial charge in [-0.1, -0.05) is 30.3 Å². The fraction of sp³-hybridized carbons (Fsp3) is 0.273. The van der Waals surface area contributed by atoms with Gasteiger partial charge in [-0.2, -0.15) is 0 Å². The summed E-state index contributed by atoms with van der Waals surface area (Å²) in [6, 6.07) is 14.0. The van der Waals surface area contributed by atoms with E-state index in [1.54, 1.807) is 0 Å². The molecule has 31 heavy (non-hydrogen) atoms. The summed E-state index contributed by atoms with van der Waals surface area (Å²) in [5, 5.41) is 2.82. The number of nitrogens with one attached hydrogen (secondary N) is 1. The smallest absolute Gasteiger partial charge is 0.325 e. The topological polar surface area (TPSA) is 79.0 Å². The lowest BCUT2D eigenvalue weighted by molar-refractivity contribution is -0.141. The Morgan fingerprint density at radius 2 is 1.81 bits per heavy atom. The predicted molar refractivity (Wildman–Crippen MR) is 117 cm³/mol. The highest BCUT2D eigenvalue weighted by atomic mass is 32.1. The molecule has 1 heterocycles. The quantitative estimate of drug-likeness (QED) is 0.499. The molecule has 1 N–H and O–H groups in total. The average molecular weight is 444 g/mol. The lowest BCUT2D eigenvalue weighted by Crippen LogP contribution is -2.41. The van der Waals surface area contributed by atoms with E-state index in [4.69, 9.17) is 17.0 Å². The van der Waals surface area contributed by atoms with Crippen molar-refractivity contribution >= 4 is 40.8 Å². The van der Waals surface area contributed by atoms with Crippen LogP contribution in [0.2, 0.25) is 0 Å². The summed E-state index contributed by atoms with van der Waals surface area (Å²) in [5.74, 6) is -1.79. The van der Waals surface area contributed by atoms with E-state index in [2.05, 4.69) is 5.32 Å². The summed E-state index contributed by atoms with van der Waals surface area (Å²) in [7, 11) is 1.24. The van der Waals surface area contributed by atoms with E-state index in [9.17, 15) is 18.8 Å². The van der Waals surface area contributed by atoms with Gasteiger partial charge in [-0.15, -0.1) is 0 Å². The van der Waals surface area contributed by atoms with E-state index in [-0.39, 0.29) is 24.0 Å². The lowest BCUT2D eigenvalue weighted by Gasteiger charge is -2.22. The number of thiocarbonyl (C=S) groups is 1. The number of anilines is 1. The van der Waals surface area contributed by atoms with Crippen molar-refractivity contribution in [1.82, 2.24) is 9.80 Å². The number of nitrogens with zero attached hydrogens (tertiary/aromatic N) is 2. The van der Waals surface area contributed by atoms with Crippen LogP contribution >= 0.6 is 12.2 Å². The molecule has 7 nitrogen and oxygen atoms in total. The van der Waals surface area contributed by atoms with Crippen LogP contribution in [0.15, 0.2) is 54.6 Å². The van der Waals surface area contributed by atoms with Gasteiger partial charge in [-0.25, -0.2) is 4.39 Å². The second-order valence-corrected chi connectivity index (χ2v) is 7.35. The number of methoxy groups -OCH3 is 1. The predicted octanol–water partition coefficient (Wildman–Crippen LogP) is 2.37. The zero-order chi connectivity index (χ0) is 22.4. The molecular formula is C22H22FN3O4S. The van der Waals surface area contributed by atoms with Crippen LogP contribution in [0.3, 0.4) is 0 Å². The molecule has 0 saturated carbocycles. The molecule has 3 rings (SSSR count). The highest BCUT2D eigenvalue weighted by Gasteiger charge is 2.44. The first kappa shape index (κ1) is 22.4. The minimum Gasteiger partial charge on any atom is -0.468 e. The molecule has 9 heteroatoms. The summed E-state index contributed by atoms with van der Waals surface area (Å²) in [6.07, 6.45) is 0.364. The Morgan fingerprint density at radius 1 is 1.13 bits per heavy atom. The lowest BCUT2D eigenvalue weighted by atomic mass is 10.1. The second-order valence-electron chi connectivity index (χ2n) is 6.99. The molecule has 1 saturated heterocycles. The van der Waals surface area contributed by atoms with Crippen molar-refractivity contribution < 1.29 is 23.5 Å². The monoisotopic (exact) mass is 443 g/mol. The zero-order valence-corrected chi connectivity index (χ0v) is 17.7. The van der Waals surface area contributed by atoms with Crippen LogP contribution in [0.1, 0.15) is 12.0 Å². The van der Waals surface area contributed by atoms with Crippen molar-refractivity contribution in [3.8, 4) is 0 Å². The van der Waals surface area contributed by atoms with Crippen LogP contribution < -0.4 is 5.32 Å². The molecule has 2 aromatic carbocycles. The molecule has 1 unspecified atom stereocenters. The summed E-state index contributed by atoms with van der Waals surface area (Å²) < 4.78 is 17.8. The Morgan fingerprint density at radius 3 is 2.45 bits per heavy atom. The average Bonchev–Trinajstić information content (AvgIpc) is 2.98. The number of carbonyl (C=O) groups is 3. The fourth-order valence-electron chi connectivity index (χ4n) is 3.29. The number of esters is 1. The number of hydrogen-bond donors (Lipinski definition) is 1. The first-order chi connectivity index (χ1) is 14.9. The molecule has 2 aromatic rings. The van der Waals surface area contributed by atoms with Gasteiger partial charge in [0.05, 0.1) is 13.5 Å². The molecule has 2 amide bonds. The summed E-state index contributed by atoms with van der Waals surface area (Å²) >= 11 is 5.44. The normalized spacial score (nSPS) is 15.9. The van der Waals surface area contributed by atoms with Gasteiger partial charge in [0.25, 0.3) is 5.91 Å². The third kappa shape index (κ3) is 5.64. The van der Waals surface area contributed by atoms with Crippen molar-refractivity contribution in [1.29, 1.82) is 0 Å². The molecule has 1 fully saturated rings. The third-order valence-electron chi connectivity index (χ3n) is 4.90. The molecule has 1 atom stereocenters. The van der Waals surface area contributed by atoms with Crippen LogP contribution in [0, 0.1) is 5.82 Å². The van der Waals surface area contributed by atoms with Crippen LogP contribution in [-0.4, -0.2) is 58.9 Å². The number of halogens is 1. The SMILES string of the molecule is COC(=O)CN1C(=S)N(CCc2ccccc2)C(=O)C1CC(=O)Nc1ccc(F)cc1. The molecule has 0 spiro atoms. The molecule has 1 aliphatic heterocycles. The Balaban J connectivity index is 1.72. The molecule has 1 aliphatic rings. The maximum absolute atomic E-state index is 13.1. The molecule has 162 valence electrons. The highest BCUT2D eigenvalue weighted by molar-refractivity contribution is 7.80. The maximum atomic E-state index is 13.1. The largest absolute Gasteiger partial charge is 0.468 e. The number of carbonyl (C=O) groups excluding carboxylic acids is 3. The zero-order valence-electron chi connectivity index (χ0n) is 16.9. The van der Waals surface area contributed by atoms with E-state index in [1.165, 1.54) is 41.2 Å². The molecule has 0 bridgehead atoms. The van der Waals surface area contributed by atoms with E-state index in [1.807, 2.05) is 30.3 Å². The van der Waals surface area contributed by atoms with Gasteiger partial charge in [0.15, 0.2) is 5.11 Å².